The molecule has 18 heavy (non-hydrogen) atoms. The molecular weight excluding hydrogens is 232 g/mol. The molecule has 1 unspecified atom stereocenters. The number of hydrogen-bond acceptors (Lipinski definition) is 5. The summed E-state index contributed by atoms with van der Waals surface area (Å²) in [6.45, 7) is 0.695. The summed E-state index contributed by atoms with van der Waals surface area (Å²) < 4.78 is 10.3. The highest BCUT2D eigenvalue weighted by Crippen LogP contribution is 2.29. The van der Waals surface area contributed by atoms with Crippen LogP contribution in [0.15, 0.2) is 18.2 Å². The Morgan fingerprint density at radius 2 is 2.06 bits per heavy atom. The lowest BCUT2D eigenvalue weighted by atomic mass is 10.1. The van der Waals surface area contributed by atoms with E-state index in [1.807, 2.05) is 6.07 Å². The number of nitrogens with one attached hydrogen (secondary N) is 1. The van der Waals surface area contributed by atoms with Gasteiger partial charge in [-0.3, -0.25) is 5.32 Å². The first-order valence-corrected chi connectivity index (χ1v) is 5.72. The molecule has 1 rings (SSSR count). The van der Waals surface area contributed by atoms with Crippen molar-refractivity contribution >= 4 is 0 Å². The lowest BCUT2D eigenvalue weighted by Gasteiger charge is -2.14. The molecule has 0 aliphatic heterocycles. The number of aliphatic hydroxyl groups is 1. The van der Waals surface area contributed by atoms with Gasteiger partial charge in [0.2, 0.25) is 0 Å². The molecule has 0 saturated heterocycles. The number of ether oxygens (including phenoxy) is 2. The van der Waals surface area contributed by atoms with Crippen molar-refractivity contribution in [3.05, 3.63) is 23.8 Å². The van der Waals surface area contributed by atoms with Gasteiger partial charge in [-0.25, -0.2) is 0 Å². The van der Waals surface area contributed by atoms with Crippen molar-refractivity contribution in [1.29, 1.82) is 5.26 Å². The van der Waals surface area contributed by atoms with Gasteiger partial charge in [-0.2, -0.15) is 5.26 Å². The zero-order chi connectivity index (χ0) is 13.4. The summed E-state index contributed by atoms with van der Waals surface area (Å²) in [7, 11) is 3.13. The molecule has 0 bridgehead atoms. The SMILES string of the molecule is COc1ccc(C(C#N)NCCCO)cc1OC. The van der Waals surface area contributed by atoms with Crippen LogP contribution in [-0.4, -0.2) is 32.5 Å². The smallest absolute Gasteiger partial charge is 0.161 e. The average Bonchev–Trinajstić information content (AvgIpc) is 2.43. The lowest BCUT2D eigenvalue weighted by Crippen LogP contribution is -2.21. The van der Waals surface area contributed by atoms with Gasteiger partial charge in [0, 0.05) is 6.61 Å². The van der Waals surface area contributed by atoms with Crippen LogP contribution < -0.4 is 14.8 Å². The van der Waals surface area contributed by atoms with Gasteiger partial charge in [0.05, 0.1) is 20.3 Å². The third-order valence-electron chi connectivity index (χ3n) is 2.55. The zero-order valence-corrected chi connectivity index (χ0v) is 10.6. The van der Waals surface area contributed by atoms with Crippen molar-refractivity contribution in [1.82, 2.24) is 5.32 Å². The summed E-state index contributed by atoms with van der Waals surface area (Å²) in [5.74, 6) is 1.23. The van der Waals surface area contributed by atoms with Crippen LogP contribution in [0.4, 0.5) is 0 Å². The molecule has 0 aliphatic rings. The highest BCUT2D eigenvalue weighted by molar-refractivity contribution is 5.44. The van der Waals surface area contributed by atoms with E-state index in [0.717, 1.165) is 5.56 Å². The third-order valence-corrected chi connectivity index (χ3v) is 2.55. The van der Waals surface area contributed by atoms with Crippen LogP contribution >= 0.6 is 0 Å². The van der Waals surface area contributed by atoms with Crippen molar-refractivity contribution < 1.29 is 14.6 Å². The summed E-state index contributed by atoms with van der Waals surface area (Å²) in [4.78, 5) is 0. The molecule has 0 aromatic heterocycles. The molecule has 2 N–H and O–H groups in total. The van der Waals surface area contributed by atoms with Crippen LogP contribution in [0.5, 0.6) is 11.5 Å². The van der Waals surface area contributed by atoms with Gasteiger partial charge in [0.25, 0.3) is 0 Å². The van der Waals surface area contributed by atoms with Gasteiger partial charge in [0.15, 0.2) is 11.5 Å². The highest BCUT2D eigenvalue weighted by atomic mass is 16.5. The molecule has 0 radical (unpaired) electrons. The van der Waals surface area contributed by atoms with E-state index in [9.17, 15) is 0 Å². The summed E-state index contributed by atoms with van der Waals surface area (Å²) in [6, 6.07) is 7.12. The summed E-state index contributed by atoms with van der Waals surface area (Å²) in [5.41, 5.74) is 0.813. The van der Waals surface area contributed by atoms with E-state index in [1.165, 1.54) is 0 Å². The Hall–Kier alpha value is -1.77. The maximum atomic E-state index is 9.12. The van der Waals surface area contributed by atoms with Crippen LogP contribution in [0.1, 0.15) is 18.0 Å². The minimum Gasteiger partial charge on any atom is -0.493 e. The number of nitriles is 1. The predicted octanol–water partition coefficient (Wildman–Crippen LogP) is 1.24. The molecule has 0 amide bonds. The Morgan fingerprint density at radius 1 is 1.33 bits per heavy atom. The normalized spacial score (nSPS) is 11.7. The molecule has 5 heteroatoms. The molecule has 1 aromatic carbocycles. The average molecular weight is 250 g/mol. The summed E-state index contributed by atoms with van der Waals surface area (Å²) >= 11 is 0. The first-order valence-electron chi connectivity index (χ1n) is 5.72. The fourth-order valence-electron chi connectivity index (χ4n) is 1.60. The largest absolute Gasteiger partial charge is 0.493 e. The molecule has 1 aromatic rings. The minimum absolute atomic E-state index is 0.108. The maximum absolute atomic E-state index is 9.12. The Bertz CT molecular complexity index is 415. The lowest BCUT2D eigenvalue weighted by molar-refractivity contribution is 0.285. The molecule has 0 spiro atoms. The quantitative estimate of drug-likeness (QED) is 0.712. The van der Waals surface area contributed by atoms with Crippen molar-refractivity contribution in [3.8, 4) is 17.6 Å². The molecule has 1 atom stereocenters. The van der Waals surface area contributed by atoms with Gasteiger partial charge in [-0.05, 0) is 30.7 Å². The molecule has 5 nitrogen and oxygen atoms in total. The standard InChI is InChI=1S/C13H18N2O3/c1-17-12-5-4-10(8-13(12)18-2)11(9-14)15-6-3-7-16/h4-5,8,11,15-16H,3,6-7H2,1-2H3. The molecule has 0 fully saturated rings. The summed E-state index contributed by atoms with van der Waals surface area (Å²) in [6.07, 6.45) is 0.617. The second-order valence-corrected chi connectivity index (χ2v) is 3.71. The molecule has 98 valence electrons. The predicted molar refractivity (Wildman–Crippen MR) is 67.6 cm³/mol. The van der Waals surface area contributed by atoms with Gasteiger partial charge in [0.1, 0.15) is 6.04 Å². The minimum atomic E-state index is -0.420. The van der Waals surface area contributed by atoms with E-state index in [1.54, 1.807) is 26.4 Å². The molecular formula is C13H18N2O3. The number of benzene rings is 1. The van der Waals surface area contributed by atoms with Crippen LogP contribution in [0.3, 0.4) is 0 Å². The van der Waals surface area contributed by atoms with E-state index < -0.39 is 6.04 Å². The Labute approximate surface area is 107 Å². The fourth-order valence-corrected chi connectivity index (χ4v) is 1.60. The molecule has 0 heterocycles. The van der Waals surface area contributed by atoms with Crippen molar-refractivity contribution in [3.63, 3.8) is 0 Å². The van der Waals surface area contributed by atoms with Gasteiger partial charge < -0.3 is 14.6 Å². The highest BCUT2D eigenvalue weighted by Gasteiger charge is 2.12. The van der Waals surface area contributed by atoms with Gasteiger partial charge in [-0.1, -0.05) is 6.07 Å². The van der Waals surface area contributed by atoms with Crippen LogP contribution in [0.2, 0.25) is 0 Å². The number of methoxy groups -OCH3 is 2. The van der Waals surface area contributed by atoms with Crippen molar-refractivity contribution in [2.45, 2.75) is 12.5 Å². The van der Waals surface area contributed by atoms with E-state index >= 15 is 0 Å². The van der Waals surface area contributed by atoms with E-state index in [2.05, 4.69) is 11.4 Å². The fraction of sp³-hybridized carbons (Fsp3) is 0.462. The second kappa shape index (κ2) is 7.54. The number of rotatable bonds is 7. The second-order valence-electron chi connectivity index (χ2n) is 3.71. The summed E-state index contributed by atoms with van der Waals surface area (Å²) in [5, 5.41) is 20.9. The third kappa shape index (κ3) is 3.62. The molecule has 0 aliphatic carbocycles. The first-order chi connectivity index (χ1) is 8.76. The van der Waals surface area contributed by atoms with E-state index in [4.69, 9.17) is 19.8 Å². The van der Waals surface area contributed by atoms with E-state index in [0.29, 0.717) is 24.5 Å². The van der Waals surface area contributed by atoms with Crippen molar-refractivity contribution in [2.75, 3.05) is 27.4 Å². The van der Waals surface area contributed by atoms with E-state index in [-0.39, 0.29) is 6.61 Å². The van der Waals surface area contributed by atoms with Crippen molar-refractivity contribution in [2.24, 2.45) is 0 Å². The monoisotopic (exact) mass is 250 g/mol. The molecule has 0 saturated carbocycles. The number of aliphatic hydroxyl groups excluding tert-OH is 1. The zero-order valence-electron chi connectivity index (χ0n) is 10.6. The Kier molecular flexibility index (Phi) is 5.98. The number of nitrogens with zero attached hydrogens (tertiary/aromatic N) is 1. The first kappa shape index (κ1) is 14.3. The van der Waals surface area contributed by atoms with Crippen LogP contribution in [0.25, 0.3) is 0 Å². The Morgan fingerprint density at radius 3 is 2.61 bits per heavy atom. The maximum Gasteiger partial charge on any atom is 0.161 e. The van der Waals surface area contributed by atoms with Gasteiger partial charge >= 0.3 is 0 Å². The van der Waals surface area contributed by atoms with Crippen LogP contribution in [0, 0.1) is 11.3 Å². The number of hydrogen-bond donors (Lipinski definition) is 2. The van der Waals surface area contributed by atoms with Gasteiger partial charge in [-0.15, -0.1) is 0 Å². The van der Waals surface area contributed by atoms with Crippen LogP contribution in [-0.2, 0) is 0 Å². The Balaban J connectivity index is 2.83. The topological polar surface area (TPSA) is 74.5 Å².